The Labute approximate surface area is 287 Å². The number of aliphatic hydroxyl groups excluding tert-OH is 5. The van der Waals surface area contributed by atoms with Gasteiger partial charge in [0.15, 0.2) is 40.7 Å². The van der Waals surface area contributed by atoms with E-state index in [0.717, 1.165) is 26.0 Å². The van der Waals surface area contributed by atoms with Crippen LogP contribution in [-0.4, -0.2) is 135 Å². The molecule has 5 rings (SSSR count). The molecular weight excluding hydrogens is 688 g/mol. The van der Waals surface area contributed by atoms with Gasteiger partial charge in [-0.05, 0) is 18.2 Å². The van der Waals surface area contributed by atoms with Gasteiger partial charge >= 0.3 is 11.9 Å². The van der Waals surface area contributed by atoms with Gasteiger partial charge in [-0.25, -0.2) is 0 Å². The van der Waals surface area contributed by atoms with Crippen LogP contribution in [0.2, 0.25) is 0 Å². The summed E-state index contributed by atoms with van der Waals surface area (Å²) in [6.45, 7) is 0.963. The van der Waals surface area contributed by atoms with E-state index in [-0.39, 0.29) is 22.8 Å². The molecule has 2 saturated heterocycles. The van der Waals surface area contributed by atoms with Crippen LogP contribution in [0.3, 0.4) is 0 Å². The second-order valence-electron chi connectivity index (χ2n) is 11.7. The zero-order valence-corrected chi connectivity index (χ0v) is 27.1. The van der Waals surface area contributed by atoms with Crippen molar-refractivity contribution in [1.29, 1.82) is 0 Å². The number of fused-ring (bicyclic) bond motifs is 1. The Kier molecular flexibility index (Phi) is 11.2. The molecule has 0 radical (unpaired) electrons. The molecule has 0 saturated carbocycles. The first-order valence-corrected chi connectivity index (χ1v) is 15.3. The standard InChI is InChI=1S/C32H36O19/c1-11(33)45-9-20-23(38)26(41)28(43)31(49-20)51-30-27(42)24(39)21(10-46-12(2)34)50-32(30)48-19-8-16(37)22-15(36)7-18(47-29(22)25(19)40)13-4-5-17(44-3)14(35)6-13/h4-8,20-21,23-24,26-28,30-32,35,37-43H,9-10H2,1-3H3. The van der Waals surface area contributed by atoms with Gasteiger partial charge in [0, 0.05) is 31.5 Å². The maximum atomic E-state index is 13.1. The van der Waals surface area contributed by atoms with E-state index in [1.165, 1.54) is 25.3 Å². The van der Waals surface area contributed by atoms with E-state index >= 15 is 0 Å². The van der Waals surface area contributed by atoms with Gasteiger partial charge in [-0.1, -0.05) is 0 Å². The highest BCUT2D eigenvalue weighted by molar-refractivity contribution is 5.91. The van der Waals surface area contributed by atoms with Crippen LogP contribution in [0.25, 0.3) is 22.3 Å². The summed E-state index contributed by atoms with van der Waals surface area (Å²) in [6, 6.07) is 5.88. The normalized spacial score (nSPS) is 29.3. The molecule has 0 amide bonds. The van der Waals surface area contributed by atoms with E-state index in [1.54, 1.807) is 0 Å². The molecule has 10 atom stereocenters. The number of aliphatic hydroxyl groups is 5. The van der Waals surface area contributed by atoms with Crippen LogP contribution in [0.15, 0.2) is 39.5 Å². The molecule has 0 bridgehead atoms. The van der Waals surface area contributed by atoms with Gasteiger partial charge in [-0.2, -0.15) is 0 Å². The molecule has 2 fully saturated rings. The minimum atomic E-state index is -1.99. The largest absolute Gasteiger partial charge is 0.507 e. The highest BCUT2D eigenvalue weighted by Crippen LogP contribution is 2.43. The van der Waals surface area contributed by atoms with Crippen molar-refractivity contribution in [2.45, 2.75) is 75.3 Å². The second kappa shape index (κ2) is 15.3. The fourth-order valence-electron chi connectivity index (χ4n) is 5.48. The van der Waals surface area contributed by atoms with Crippen molar-refractivity contribution in [3.63, 3.8) is 0 Å². The number of phenolic OH excluding ortho intramolecular Hbond substituents is 3. The van der Waals surface area contributed by atoms with Crippen molar-refractivity contribution in [3.8, 4) is 40.1 Å². The summed E-state index contributed by atoms with van der Waals surface area (Å²) in [5.74, 6) is -4.07. The molecule has 19 heteroatoms. The molecular formula is C32H36O19. The summed E-state index contributed by atoms with van der Waals surface area (Å²) in [6.07, 6.45) is -18.1. The molecule has 2 aromatic carbocycles. The zero-order chi connectivity index (χ0) is 37.3. The molecule has 2 aliphatic rings. The average molecular weight is 725 g/mol. The first-order chi connectivity index (χ1) is 24.1. The van der Waals surface area contributed by atoms with E-state index in [4.69, 9.17) is 37.6 Å². The lowest BCUT2D eigenvalue weighted by Gasteiger charge is -2.46. The van der Waals surface area contributed by atoms with Crippen LogP contribution < -0.4 is 14.9 Å². The topological polar surface area (TPSA) is 291 Å². The molecule has 1 aromatic heterocycles. The third kappa shape index (κ3) is 7.80. The number of esters is 2. The van der Waals surface area contributed by atoms with Crippen LogP contribution in [-0.2, 0) is 33.3 Å². The van der Waals surface area contributed by atoms with Crippen LogP contribution in [0.4, 0.5) is 0 Å². The van der Waals surface area contributed by atoms with Gasteiger partial charge in [0.2, 0.25) is 12.0 Å². The Bertz CT molecular complexity index is 1810. The average Bonchev–Trinajstić information content (AvgIpc) is 3.08. The fourth-order valence-corrected chi connectivity index (χ4v) is 5.48. The van der Waals surface area contributed by atoms with E-state index < -0.39 is 120 Å². The fraction of sp³-hybridized carbons (Fsp3) is 0.469. The number of aromatic hydroxyl groups is 3. The molecule has 51 heavy (non-hydrogen) atoms. The van der Waals surface area contributed by atoms with E-state index in [0.29, 0.717) is 0 Å². The number of rotatable bonds is 10. The maximum Gasteiger partial charge on any atom is 0.302 e. The Morgan fingerprint density at radius 2 is 1.35 bits per heavy atom. The quantitative estimate of drug-likeness (QED) is 0.0893. The Balaban J connectivity index is 1.51. The smallest absolute Gasteiger partial charge is 0.302 e. The van der Waals surface area contributed by atoms with Crippen molar-refractivity contribution in [3.05, 3.63) is 40.6 Å². The third-order valence-electron chi connectivity index (χ3n) is 8.13. The van der Waals surface area contributed by atoms with Gasteiger partial charge in [-0.3, -0.25) is 14.4 Å². The number of phenols is 3. The molecule has 3 aromatic rings. The zero-order valence-electron chi connectivity index (χ0n) is 27.1. The molecule has 0 spiro atoms. The lowest BCUT2D eigenvalue weighted by Crippen LogP contribution is -2.65. The number of carbonyl (C=O) groups excluding carboxylic acids is 2. The molecule has 0 aliphatic carbocycles. The summed E-state index contributed by atoms with van der Waals surface area (Å²) in [4.78, 5) is 35.9. The lowest BCUT2D eigenvalue weighted by molar-refractivity contribution is -0.358. The predicted molar refractivity (Wildman–Crippen MR) is 166 cm³/mol. The number of ether oxygens (including phenoxy) is 7. The second-order valence-corrected chi connectivity index (χ2v) is 11.7. The summed E-state index contributed by atoms with van der Waals surface area (Å²) in [5.41, 5.74) is -1.20. The van der Waals surface area contributed by atoms with Crippen LogP contribution >= 0.6 is 0 Å². The van der Waals surface area contributed by atoms with Crippen molar-refractivity contribution < 1.29 is 88.0 Å². The summed E-state index contributed by atoms with van der Waals surface area (Å²) >= 11 is 0. The number of methoxy groups -OCH3 is 1. The van der Waals surface area contributed by atoms with Crippen LogP contribution in [0.5, 0.6) is 28.7 Å². The van der Waals surface area contributed by atoms with Gasteiger partial charge in [0.05, 0.1) is 7.11 Å². The SMILES string of the molecule is COc1ccc(-c2cc(=O)c3c(O)cc(OC4OC(COC(C)=O)C(O)C(O)C4OC4OC(COC(C)=O)C(O)C(O)C4O)c(O)c3o2)cc1O. The van der Waals surface area contributed by atoms with Crippen molar-refractivity contribution in [2.24, 2.45) is 0 Å². The molecule has 10 unspecified atom stereocenters. The number of carbonyl (C=O) groups is 2. The summed E-state index contributed by atoms with van der Waals surface area (Å²) in [7, 11) is 1.33. The Morgan fingerprint density at radius 1 is 0.745 bits per heavy atom. The van der Waals surface area contributed by atoms with Gasteiger partial charge < -0.3 is 78.4 Å². The number of hydrogen-bond donors (Lipinski definition) is 8. The monoisotopic (exact) mass is 724 g/mol. The van der Waals surface area contributed by atoms with Crippen molar-refractivity contribution in [2.75, 3.05) is 20.3 Å². The molecule has 8 N–H and O–H groups in total. The van der Waals surface area contributed by atoms with Crippen molar-refractivity contribution in [1.82, 2.24) is 0 Å². The highest BCUT2D eigenvalue weighted by Gasteiger charge is 2.52. The number of hydrogen-bond acceptors (Lipinski definition) is 19. The van der Waals surface area contributed by atoms with E-state index in [9.17, 15) is 55.2 Å². The number of benzene rings is 2. The first-order valence-electron chi connectivity index (χ1n) is 15.3. The molecule has 3 heterocycles. The third-order valence-corrected chi connectivity index (χ3v) is 8.13. The molecule has 278 valence electrons. The molecule has 19 nitrogen and oxygen atoms in total. The lowest BCUT2D eigenvalue weighted by atomic mass is 9.97. The minimum absolute atomic E-state index is 0.124. The minimum Gasteiger partial charge on any atom is -0.507 e. The highest BCUT2D eigenvalue weighted by atomic mass is 16.8. The van der Waals surface area contributed by atoms with Crippen molar-refractivity contribution >= 4 is 22.9 Å². The predicted octanol–water partition coefficient (Wildman–Crippen LogP) is -1.27. The van der Waals surface area contributed by atoms with Crippen LogP contribution in [0, 0.1) is 0 Å². The maximum absolute atomic E-state index is 13.1. The Morgan fingerprint density at radius 3 is 1.94 bits per heavy atom. The van der Waals surface area contributed by atoms with E-state index in [2.05, 4.69) is 0 Å². The van der Waals surface area contributed by atoms with E-state index in [1.807, 2.05) is 0 Å². The Hall–Kier alpha value is -4.73. The summed E-state index contributed by atoms with van der Waals surface area (Å²) < 4.78 is 43.3. The van der Waals surface area contributed by atoms with Gasteiger partial charge in [0.25, 0.3) is 0 Å². The summed E-state index contributed by atoms with van der Waals surface area (Å²) in [5, 5.41) is 85.3. The van der Waals surface area contributed by atoms with Gasteiger partial charge in [0.1, 0.15) is 72.8 Å². The molecule has 2 aliphatic heterocycles. The van der Waals surface area contributed by atoms with Crippen LogP contribution in [0.1, 0.15) is 13.8 Å². The van der Waals surface area contributed by atoms with Gasteiger partial charge in [-0.15, -0.1) is 0 Å². The first kappa shape index (κ1) is 37.5.